The van der Waals surface area contributed by atoms with Gasteiger partial charge >= 0.3 is 5.97 Å². The molecule has 20 heavy (non-hydrogen) atoms. The molecule has 4 nitrogen and oxygen atoms in total. The van der Waals surface area contributed by atoms with Crippen molar-refractivity contribution < 1.29 is 9.90 Å². The van der Waals surface area contributed by atoms with Crippen LogP contribution in [0, 0.1) is 11.8 Å². The zero-order valence-electron chi connectivity index (χ0n) is 12.5. The molecule has 2 rings (SSSR count). The zero-order chi connectivity index (χ0) is 14.8. The van der Waals surface area contributed by atoms with Crippen molar-refractivity contribution in [1.82, 2.24) is 4.98 Å². The predicted molar refractivity (Wildman–Crippen MR) is 82.4 cm³/mol. The molecule has 1 aliphatic rings. The Bertz CT molecular complexity index is 462. The van der Waals surface area contributed by atoms with Gasteiger partial charge in [0.15, 0.2) is 5.13 Å². The average Bonchev–Trinajstić information content (AvgIpc) is 2.87. The van der Waals surface area contributed by atoms with Gasteiger partial charge < -0.3 is 10.4 Å². The Labute approximate surface area is 124 Å². The Hall–Kier alpha value is -1.10. The summed E-state index contributed by atoms with van der Waals surface area (Å²) in [4.78, 5) is 15.6. The number of hydrogen-bond donors (Lipinski definition) is 2. The molecular weight excluding hydrogens is 272 g/mol. The second-order valence-corrected chi connectivity index (χ2v) is 7.33. The summed E-state index contributed by atoms with van der Waals surface area (Å²) in [7, 11) is 0. The summed E-state index contributed by atoms with van der Waals surface area (Å²) in [5.41, 5.74) is -0.286. The van der Waals surface area contributed by atoms with Gasteiger partial charge in [-0.25, -0.2) is 4.98 Å². The number of rotatable bonds is 5. The summed E-state index contributed by atoms with van der Waals surface area (Å²) in [5.74, 6) is 0.760. The van der Waals surface area contributed by atoms with E-state index < -0.39 is 11.4 Å². The van der Waals surface area contributed by atoms with Crippen LogP contribution in [0.4, 0.5) is 5.13 Å². The third-order valence-corrected chi connectivity index (χ3v) is 5.16. The highest BCUT2D eigenvalue weighted by molar-refractivity contribution is 7.13. The monoisotopic (exact) mass is 296 g/mol. The third-order valence-electron chi connectivity index (χ3n) is 4.36. The van der Waals surface area contributed by atoms with E-state index in [1.165, 1.54) is 37.0 Å². The zero-order valence-corrected chi connectivity index (χ0v) is 13.3. The predicted octanol–water partition coefficient (Wildman–Crippen LogP) is 3.74. The molecule has 2 N–H and O–H groups in total. The topological polar surface area (TPSA) is 62.2 Å². The highest BCUT2D eigenvalue weighted by Gasteiger charge is 2.32. The summed E-state index contributed by atoms with van der Waals surface area (Å²) < 4.78 is 0. The van der Waals surface area contributed by atoms with Crippen LogP contribution in [0.2, 0.25) is 0 Å². The standard InChI is InChI=1S/C15H24N2O2S/c1-10-4-6-11(7-5-10)8-16-14-17-12(9-20-14)15(2,3)13(18)19/h9-11H,4-8H2,1-3H3,(H,16,17)(H,18,19). The summed E-state index contributed by atoms with van der Waals surface area (Å²) in [6, 6.07) is 0. The summed E-state index contributed by atoms with van der Waals surface area (Å²) >= 11 is 1.50. The SMILES string of the molecule is CC1CCC(CNc2nc(C(C)(C)C(=O)O)cs2)CC1. The van der Waals surface area contributed by atoms with Crippen LogP contribution in [0.25, 0.3) is 0 Å². The number of carbonyl (C=O) groups is 1. The highest BCUT2D eigenvalue weighted by Crippen LogP contribution is 2.30. The Kier molecular flexibility index (Phi) is 4.68. The minimum Gasteiger partial charge on any atom is -0.481 e. The van der Waals surface area contributed by atoms with Gasteiger partial charge in [0, 0.05) is 11.9 Å². The minimum absolute atomic E-state index is 0.634. The second kappa shape index (κ2) is 6.12. The largest absolute Gasteiger partial charge is 0.481 e. The van der Waals surface area contributed by atoms with Gasteiger partial charge in [0.1, 0.15) is 5.41 Å². The first-order valence-corrected chi connectivity index (χ1v) is 8.21. The van der Waals surface area contributed by atoms with Crippen molar-refractivity contribution in [2.45, 2.75) is 51.9 Å². The van der Waals surface area contributed by atoms with Crippen LogP contribution in [0.3, 0.4) is 0 Å². The minimum atomic E-state index is -0.920. The normalized spacial score (nSPS) is 23.6. The van der Waals surface area contributed by atoms with Crippen molar-refractivity contribution in [1.29, 1.82) is 0 Å². The van der Waals surface area contributed by atoms with E-state index in [-0.39, 0.29) is 0 Å². The number of aliphatic carboxylic acids is 1. The van der Waals surface area contributed by atoms with E-state index in [1.807, 2.05) is 5.38 Å². The van der Waals surface area contributed by atoms with Gasteiger partial charge in [-0.2, -0.15) is 0 Å². The third kappa shape index (κ3) is 3.51. The van der Waals surface area contributed by atoms with Crippen LogP contribution in [0.1, 0.15) is 52.1 Å². The highest BCUT2D eigenvalue weighted by atomic mass is 32.1. The van der Waals surface area contributed by atoms with Crippen molar-refractivity contribution in [2.75, 3.05) is 11.9 Å². The molecule has 0 atom stereocenters. The van der Waals surface area contributed by atoms with E-state index in [9.17, 15) is 9.90 Å². The fourth-order valence-electron chi connectivity index (χ4n) is 2.52. The number of nitrogens with zero attached hydrogens (tertiary/aromatic N) is 1. The van der Waals surface area contributed by atoms with E-state index in [2.05, 4.69) is 17.2 Å². The maximum atomic E-state index is 11.2. The van der Waals surface area contributed by atoms with Crippen molar-refractivity contribution in [2.24, 2.45) is 11.8 Å². The van der Waals surface area contributed by atoms with Gasteiger partial charge in [-0.1, -0.05) is 19.8 Å². The molecule has 0 aromatic carbocycles. The van der Waals surface area contributed by atoms with Crippen molar-refractivity contribution in [3.05, 3.63) is 11.1 Å². The average molecular weight is 296 g/mol. The molecule has 1 aromatic heterocycles. The molecule has 1 fully saturated rings. The van der Waals surface area contributed by atoms with Crippen molar-refractivity contribution in [3.63, 3.8) is 0 Å². The molecule has 0 unspecified atom stereocenters. The van der Waals surface area contributed by atoms with Crippen LogP contribution < -0.4 is 5.32 Å². The van der Waals surface area contributed by atoms with E-state index in [0.717, 1.165) is 23.5 Å². The second-order valence-electron chi connectivity index (χ2n) is 6.47. The number of thiazole rings is 1. The molecule has 1 aromatic rings. The molecule has 0 amide bonds. The summed E-state index contributed by atoms with van der Waals surface area (Å²) in [6.45, 7) is 6.66. The van der Waals surface area contributed by atoms with E-state index >= 15 is 0 Å². The fourth-order valence-corrected chi connectivity index (χ4v) is 3.40. The van der Waals surface area contributed by atoms with Crippen molar-refractivity contribution in [3.8, 4) is 0 Å². The fraction of sp³-hybridized carbons (Fsp3) is 0.733. The lowest BCUT2D eigenvalue weighted by atomic mass is 9.83. The van der Waals surface area contributed by atoms with E-state index in [0.29, 0.717) is 5.69 Å². The van der Waals surface area contributed by atoms with Gasteiger partial charge in [0.25, 0.3) is 0 Å². The number of aromatic nitrogens is 1. The first kappa shape index (κ1) is 15.3. The van der Waals surface area contributed by atoms with Gasteiger partial charge in [-0.05, 0) is 38.5 Å². The van der Waals surface area contributed by atoms with Crippen LogP contribution in [-0.4, -0.2) is 22.6 Å². The van der Waals surface area contributed by atoms with Gasteiger partial charge in [0.05, 0.1) is 5.69 Å². The molecule has 1 saturated carbocycles. The summed E-state index contributed by atoms with van der Waals surface area (Å²) in [5, 5.41) is 15.3. The Morgan fingerprint density at radius 3 is 2.70 bits per heavy atom. The van der Waals surface area contributed by atoms with Crippen LogP contribution in [0.15, 0.2) is 5.38 Å². The van der Waals surface area contributed by atoms with Crippen LogP contribution in [0.5, 0.6) is 0 Å². The van der Waals surface area contributed by atoms with Crippen molar-refractivity contribution >= 4 is 22.4 Å². The maximum absolute atomic E-state index is 11.2. The molecule has 0 radical (unpaired) electrons. The number of anilines is 1. The molecule has 112 valence electrons. The lowest BCUT2D eigenvalue weighted by Gasteiger charge is -2.26. The number of nitrogens with one attached hydrogen (secondary N) is 1. The Morgan fingerprint density at radius 2 is 2.10 bits per heavy atom. The molecule has 0 saturated heterocycles. The molecule has 0 bridgehead atoms. The van der Waals surface area contributed by atoms with E-state index in [1.54, 1.807) is 13.8 Å². The molecular formula is C15H24N2O2S. The lowest BCUT2D eigenvalue weighted by Crippen LogP contribution is -2.29. The Morgan fingerprint density at radius 1 is 1.45 bits per heavy atom. The number of carboxylic acid groups (broad SMARTS) is 1. The smallest absolute Gasteiger partial charge is 0.315 e. The lowest BCUT2D eigenvalue weighted by molar-refractivity contribution is -0.142. The van der Waals surface area contributed by atoms with E-state index in [4.69, 9.17) is 0 Å². The Balaban J connectivity index is 1.89. The molecule has 1 aliphatic carbocycles. The van der Waals surface area contributed by atoms with Gasteiger partial charge in [0.2, 0.25) is 0 Å². The molecule has 1 heterocycles. The first-order chi connectivity index (χ1) is 9.39. The first-order valence-electron chi connectivity index (χ1n) is 7.33. The molecule has 0 spiro atoms. The van der Waals surface area contributed by atoms with Gasteiger partial charge in [-0.15, -0.1) is 11.3 Å². The molecule has 0 aliphatic heterocycles. The molecule has 5 heteroatoms. The summed E-state index contributed by atoms with van der Waals surface area (Å²) in [6.07, 6.45) is 5.21. The number of carboxylic acids is 1. The van der Waals surface area contributed by atoms with Gasteiger partial charge in [-0.3, -0.25) is 4.79 Å². The van der Waals surface area contributed by atoms with Crippen LogP contribution >= 0.6 is 11.3 Å². The quantitative estimate of drug-likeness (QED) is 0.869. The maximum Gasteiger partial charge on any atom is 0.315 e. The number of hydrogen-bond acceptors (Lipinski definition) is 4. The van der Waals surface area contributed by atoms with Crippen LogP contribution in [-0.2, 0) is 10.2 Å².